The van der Waals surface area contributed by atoms with Crippen LogP contribution in [0.4, 0.5) is 4.39 Å². The van der Waals surface area contributed by atoms with E-state index in [-0.39, 0.29) is 29.8 Å². The van der Waals surface area contributed by atoms with Crippen molar-refractivity contribution in [2.75, 3.05) is 7.05 Å². The second-order valence-electron chi connectivity index (χ2n) is 7.50. The smallest absolute Gasteiger partial charge is 0.191 e. The summed E-state index contributed by atoms with van der Waals surface area (Å²) in [5.74, 6) is 0.428. The molecule has 4 aromatic rings. The van der Waals surface area contributed by atoms with Crippen molar-refractivity contribution in [1.82, 2.24) is 20.2 Å². The van der Waals surface area contributed by atoms with Gasteiger partial charge < -0.3 is 15.2 Å². The minimum Gasteiger partial charge on any atom is -0.352 e. The third-order valence-electron chi connectivity index (χ3n) is 5.23. The monoisotopic (exact) mass is 555 g/mol. The van der Waals surface area contributed by atoms with Crippen LogP contribution in [0, 0.1) is 5.82 Å². The molecule has 0 saturated heterocycles. The molecule has 0 fully saturated rings. The largest absolute Gasteiger partial charge is 0.352 e. The molecule has 0 atom stereocenters. The first-order valence-electron chi connectivity index (χ1n) is 10.5. The first kappa shape index (κ1) is 24.4. The van der Waals surface area contributed by atoms with Crippen LogP contribution in [0.5, 0.6) is 0 Å². The van der Waals surface area contributed by atoms with E-state index >= 15 is 0 Å². The van der Waals surface area contributed by atoms with E-state index in [1.54, 1.807) is 19.3 Å². The van der Waals surface area contributed by atoms with Crippen LogP contribution in [0.15, 0.2) is 96.5 Å². The highest BCUT2D eigenvalue weighted by molar-refractivity contribution is 14.0. The number of aromatic nitrogens is 2. The number of hydrogen-bond donors (Lipinski definition) is 2. The quantitative estimate of drug-likeness (QED) is 0.187. The van der Waals surface area contributed by atoms with Crippen molar-refractivity contribution in [3.05, 3.63) is 114 Å². The molecule has 0 radical (unpaired) electrons. The molecular weight excluding hydrogens is 528 g/mol. The summed E-state index contributed by atoms with van der Waals surface area (Å²) in [5.41, 5.74) is 5.60. The van der Waals surface area contributed by atoms with E-state index in [0.717, 1.165) is 12.1 Å². The Morgan fingerprint density at radius 1 is 0.939 bits per heavy atom. The molecule has 0 saturated carbocycles. The zero-order valence-electron chi connectivity index (χ0n) is 18.4. The standard InChI is InChI=1S/C26H26FN5.HI/c1-28-26(30-16-21-5-4-7-24(27)15-21)31-17-23-6-2-3-8-25(23)22-11-9-20(10-12-22)18-32-14-13-29-19-32;/h2-15,19H,16-18H2,1H3,(H2,28,30,31);1H. The molecule has 1 aromatic heterocycles. The molecular formula is C26H27FIN5. The molecule has 7 heteroatoms. The van der Waals surface area contributed by atoms with Crippen LogP contribution in [0.2, 0.25) is 0 Å². The van der Waals surface area contributed by atoms with Gasteiger partial charge in [0.25, 0.3) is 0 Å². The van der Waals surface area contributed by atoms with Crippen molar-refractivity contribution in [3.8, 4) is 11.1 Å². The number of aliphatic imine (C=N–C) groups is 1. The SMILES string of the molecule is CN=C(NCc1cccc(F)c1)NCc1ccccc1-c1ccc(Cn2ccnc2)cc1.I. The van der Waals surface area contributed by atoms with Gasteiger partial charge in [-0.2, -0.15) is 0 Å². The zero-order chi connectivity index (χ0) is 22.2. The van der Waals surface area contributed by atoms with Crippen LogP contribution in [-0.2, 0) is 19.6 Å². The second-order valence-corrected chi connectivity index (χ2v) is 7.50. The van der Waals surface area contributed by atoms with Crippen molar-refractivity contribution in [2.24, 2.45) is 4.99 Å². The van der Waals surface area contributed by atoms with Crippen LogP contribution >= 0.6 is 24.0 Å². The van der Waals surface area contributed by atoms with Crippen LogP contribution in [0.3, 0.4) is 0 Å². The lowest BCUT2D eigenvalue weighted by Gasteiger charge is -2.15. The lowest BCUT2D eigenvalue weighted by Crippen LogP contribution is -2.36. The van der Waals surface area contributed by atoms with Crippen LogP contribution in [-0.4, -0.2) is 22.6 Å². The lowest BCUT2D eigenvalue weighted by molar-refractivity contribution is 0.624. The Morgan fingerprint density at radius 2 is 1.73 bits per heavy atom. The van der Waals surface area contributed by atoms with E-state index in [9.17, 15) is 4.39 Å². The molecule has 4 rings (SSSR count). The maximum Gasteiger partial charge on any atom is 0.191 e. The minimum atomic E-state index is -0.239. The third kappa shape index (κ3) is 6.89. The maximum atomic E-state index is 13.4. The second kappa shape index (κ2) is 12.2. The van der Waals surface area contributed by atoms with Crippen molar-refractivity contribution in [1.29, 1.82) is 0 Å². The molecule has 33 heavy (non-hydrogen) atoms. The Hall–Kier alpha value is -3.20. The van der Waals surface area contributed by atoms with E-state index < -0.39 is 0 Å². The van der Waals surface area contributed by atoms with Crippen LogP contribution in [0.25, 0.3) is 11.1 Å². The van der Waals surface area contributed by atoms with Crippen LogP contribution in [0.1, 0.15) is 16.7 Å². The number of benzene rings is 3. The average Bonchev–Trinajstić information content (AvgIpc) is 3.33. The van der Waals surface area contributed by atoms with Gasteiger partial charge in [-0.1, -0.05) is 60.7 Å². The van der Waals surface area contributed by atoms with Crippen molar-refractivity contribution >= 4 is 29.9 Å². The summed E-state index contributed by atoms with van der Waals surface area (Å²) in [7, 11) is 1.73. The fraction of sp³-hybridized carbons (Fsp3) is 0.154. The fourth-order valence-electron chi connectivity index (χ4n) is 3.57. The number of rotatable bonds is 7. The molecule has 0 aliphatic rings. The van der Waals surface area contributed by atoms with Gasteiger partial charge in [-0.15, -0.1) is 24.0 Å². The topological polar surface area (TPSA) is 54.2 Å². The molecule has 0 aliphatic carbocycles. The van der Waals surface area contributed by atoms with Gasteiger partial charge in [-0.25, -0.2) is 9.37 Å². The normalized spacial score (nSPS) is 11.0. The summed E-state index contributed by atoms with van der Waals surface area (Å²) in [6.07, 6.45) is 5.58. The summed E-state index contributed by atoms with van der Waals surface area (Å²) in [6.45, 7) is 1.92. The predicted octanol–water partition coefficient (Wildman–Crippen LogP) is 5.22. The molecule has 0 bridgehead atoms. The zero-order valence-corrected chi connectivity index (χ0v) is 20.7. The lowest BCUT2D eigenvalue weighted by atomic mass is 9.98. The third-order valence-corrected chi connectivity index (χ3v) is 5.23. The Bertz CT molecular complexity index is 1170. The van der Waals surface area contributed by atoms with Gasteiger partial charge in [0.15, 0.2) is 5.96 Å². The van der Waals surface area contributed by atoms with Crippen molar-refractivity contribution in [3.63, 3.8) is 0 Å². The summed E-state index contributed by atoms with van der Waals surface area (Å²) in [4.78, 5) is 8.38. The van der Waals surface area contributed by atoms with Gasteiger partial charge in [0.05, 0.1) is 6.33 Å². The summed E-state index contributed by atoms with van der Waals surface area (Å²) in [5, 5.41) is 6.59. The van der Waals surface area contributed by atoms with E-state index in [1.165, 1.54) is 34.4 Å². The van der Waals surface area contributed by atoms with Gasteiger partial charge in [0, 0.05) is 39.1 Å². The summed E-state index contributed by atoms with van der Waals surface area (Å²) >= 11 is 0. The van der Waals surface area contributed by atoms with Gasteiger partial charge in [-0.3, -0.25) is 4.99 Å². The van der Waals surface area contributed by atoms with E-state index in [4.69, 9.17) is 0 Å². The van der Waals surface area contributed by atoms with Crippen molar-refractivity contribution in [2.45, 2.75) is 19.6 Å². The van der Waals surface area contributed by atoms with Gasteiger partial charge >= 0.3 is 0 Å². The number of imidazole rings is 1. The van der Waals surface area contributed by atoms with Gasteiger partial charge in [-0.05, 0) is 39.9 Å². The molecule has 0 amide bonds. The van der Waals surface area contributed by atoms with Gasteiger partial charge in [0.2, 0.25) is 0 Å². The minimum absolute atomic E-state index is 0. The molecule has 3 aromatic carbocycles. The Balaban J connectivity index is 0.00000306. The molecule has 0 aliphatic heterocycles. The molecule has 2 N–H and O–H groups in total. The van der Waals surface area contributed by atoms with Gasteiger partial charge in [0.1, 0.15) is 5.82 Å². The maximum absolute atomic E-state index is 13.4. The highest BCUT2D eigenvalue weighted by Gasteiger charge is 2.07. The highest BCUT2D eigenvalue weighted by atomic mass is 127. The Labute approximate surface area is 210 Å². The van der Waals surface area contributed by atoms with E-state index in [0.29, 0.717) is 19.0 Å². The molecule has 170 valence electrons. The summed E-state index contributed by atoms with van der Waals surface area (Å²) in [6, 6.07) is 23.5. The average molecular weight is 555 g/mol. The molecule has 0 unspecified atom stereocenters. The Morgan fingerprint density at radius 3 is 2.45 bits per heavy atom. The van der Waals surface area contributed by atoms with E-state index in [1.807, 2.05) is 24.7 Å². The first-order chi connectivity index (χ1) is 15.7. The number of halogens is 2. The molecule has 0 spiro atoms. The number of guanidine groups is 1. The fourth-order valence-corrected chi connectivity index (χ4v) is 3.57. The molecule has 5 nitrogen and oxygen atoms in total. The number of hydrogen-bond acceptors (Lipinski definition) is 2. The first-order valence-corrected chi connectivity index (χ1v) is 10.5. The Kier molecular flexibility index (Phi) is 9.00. The summed E-state index contributed by atoms with van der Waals surface area (Å²) < 4.78 is 15.4. The number of nitrogens with zero attached hydrogens (tertiary/aromatic N) is 3. The predicted molar refractivity (Wildman–Crippen MR) is 142 cm³/mol. The molecule has 1 heterocycles. The van der Waals surface area contributed by atoms with Crippen molar-refractivity contribution < 1.29 is 4.39 Å². The number of nitrogens with one attached hydrogen (secondary N) is 2. The van der Waals surface area contributed by atoms with E-state index in [2.05, 4.69) is 67.6 Å². The highest BCUT2D eigenvalue weighted by Crippen LogP contribution is 2.24. The van der Waals surface area contributed by atoms with Crippen LogP contribution < -0.4 is 10.6 Å².